The Kier molecular flexibility index (Phi) is 11.2. The molecule has 192 valence electrons. The highest BCUT2D eigenvalue weighted by Gasteiger charge is 2.38. The molecule has 0 aliphatic carbocycles. The summed E-state index contributed by atoms with van der Waals surface area (Å²) in [5.74, 6) is -0.127. The molecule has 0 amide bonds. The maximum atomic E-state index is 14.1. The SMILES string of the molecule is CCOC(OCC)[SiH2]CCCP(=S)(C(=O)c1c(C)cc(C)cc1C)C(=O)c1c(C)cc(C)cc1C. The van der Waals surface area contributed by atoms with Gasteiger partial charge in [0.2, 0.25) is 11.0 Å². The van der Waals surface area contributed by atoms with Crippen LogP contribution in [0, 0.1) is 41.5 Å². The summed E-state index contributed by atoms with van der Waals surface area (Å²) >= 11 is 6.16. The molecule has 0 aliphatic heterocycles. The third-order valence-corrected chi connectivity index (χ3v) is 12.4. The van der Waals surface area contributed by atoms with Gasteiger partial charge in [0.15, 0.2) is 0 Å². The Balaban J connectivity index is 2.46. The third kappa shape index (κ3) is 7.30. The quantitative estimate of drug-likeness (QED) is 0.131. The lowest BCUT2D eigenvalue weighted by atomic mass is 10.0. The second kappa shape index (κ2) is 13.2. The summed E-state index contributed by atoms with van der Waals surface area (Å²) in [6, 6.07) is 5.87. The lowest BCUT2D eigenvalue weighted by Crippen LogP contribution is -2.25. The predicted octanol–water partition coefficient (Wildman–Crippen LogP) is 6.33. The monoisotopic (exact) mass is 532 g/mol. The van der Waals surface area contributed by atoms with Gasteiger partial charge in [-0.25, -0.2) is 0 Å². The number of carbonyl (C=O) groups is 2. The van der Waals surface area contributed by atoms with Crippen molar-refractivity contribution in [1.29, 1.82) is 0 Å². The minimum Gasteiger partial charge on any atom is -0.357 e. The van der Waals surface area contributed by atoms with Crippen LogP contribution in [0.4, 0.5) is 0 Å². The summed E-state index contributed by atoms with van der Waals surface area (Å²) in [5.41, 5.74) is 6.78. The standard InChI is InChI=1S/C28H41O4PSSi/c1-9-31-28(32-10-2)35-13-11-12-33(34,26(29)24-20(5)14-18(3)15-21(24)6)27(30)25-22(7)16-19(4)17-23(25)8/h14-17,28H,9-13,35H2,1-8H3. The Labute approximate surface area is 219 Å². The summed E-state index contributed by atoms with van der Waals surface area (Å²) in [6.07, 6.45) is 1.18. The van der Waals surface area contributed by atoms with Crippen LogP contribution in [0.1, 0.15) is 74.4 Å². The maximum absolute atomic E-state index is 14.1. The number of carbonyl (C=O) groups excluding carboxylic acids is 2. The zero-order chi connectivity index (χ0) is 26.3. The fourth-order valence-corrected chi connectivity index (χ4v) is 10.6. The number of hydrogen-bond donors (Lipinski definition) is 0. The van der Waals surface area contributed by atoms with Crippen molar-refractivity contribution in [3.8, 4) is 0 Å². The van der Waals surface area contributed by atoms with Crippen molar-refractivity contribution in [2.45, 2.75) is 73.8 Å². The molecule has 0 N–H and O–H groups in total. The van der Waals surface area contributed by atoms with Gasteiger partial charge in [-0.2, -0.15) is 0 Å². The lowest BCUT2D eigenvalue weighted by Gasteiger charge is -2.24. The molecule has 4 nitrogen and oxygen atoms in total. The van der Waals surface area contributed by atoms with Gasteiger partial charge in [-0.3, -0.25) is 9.59 Å². The van der Waals surface area contributed by atoms with Gasteiger partial charge in [0, 0.05) is 24.3 Å². The van der Waals surface area contributed by atoms with Crippen molar-refractivity contribution < 1.29 is 19.1 Å². The maximum Gasteiger partial charge on any atom is 0.201 e. The predicted molar refractivity (Wildman–Crippen MR) is 154 cm³/mol. The van der Waals surface area contributed by atoms with Gasteiger partial charge in [-0.15, -0.1) is 0 Å². The van der Waals surface area contributed by atoms with Gasteiger partial charge in [0.1, 0.15) is 5.91 Å². The molecule has 0 aromatic heterocycles. The molecule has 0 radical (unpaired) electrons. The minimum atomic E-state index is -3.08. The average molecular weight is 533 g/mol. The molecule has 35 heavy (non-hydrogen) atoms. The highest BCUT2D eigenvalue weighted by Crippen LogP contribution is 2.54. The van der Waals surface area contributed by atoms with E-state index in [1.807, 2.05) is 79.7 Å². The van der Waals surface area contributed by atoms with Gasteiger partial charge in [0.05, 0.1) is 15.6 Å². The van der Waals surface area contributed by atoms with Crippen LogP contribution >= 0.6 is 6.04 Å². The smallest absolute Gasteiger partial charge is 0.201 e. The van der Waals surface area contributed by atoms with E-state index in [9.17, 15) is 9.59 Å². The number of benzene rings is 2. The van der Waals surface area contributed by atoms with Crippen molar-refractivity contribution >= 4 is 38.4 Å². The first-order valence-corrected chi connectivity index (χ1v) is 17.3. The van der Waals surface area contributed by atoms with Gasteiger partial charge < -0.3 is 9.47 Å². The van der Waals surface area contributed by atoms with E-state index < -0.39 is 15.6 Å². The third-order valence-electron chi connectivity index (χ3n) is 6.31. The number of ether oxygens (including phenoxy) is 2. The molecule has 0 atom stereocenters. The van der Waals surface area contributed by atoms with Crippen molar-refractivity contribution in [3.63, 3.8) is 0 Å². The molecule has 0 bridgehead atoms. The highest BCUT2D eigenvalue weighted by atomic mass is 32.4. The Morgan fingerprint density at radius 2 is 1.17 bits per heavy atom. The Morgan fingerprint density at radius 1 is 0.800 bits per heavy atom. The molecule has 0 unspecified atom stereocenters. The van der Waals surface area contributed by atoms with Gasteiger partial charge in [0.25, 0.3) is 0 Å². The first kappa shape index (κ1) is 29.8. The summed E-state index contributed by atoms with van der Waals surface area (Å²) in [4.78, 5) is 28.3. The average Bonchev–Trinajstić information content (AvgIpc) is 2.75. The van der Waals surface area contributed by atoms with E-state index >= 15 is 0 Å². The molecule has 7 heteroatoms. The van der Waals surface area contributed by atoms with Crippen LogP contribution in [0.2, 0.25) is 6.04 Å². The summed E-state index contributed by atoms with van der Waals surface area (Å²) in [6.45, 7) is 17.0. The zero-order valence-corrected chi connectivity index (χ0v) is 25.7. The molecule has 0 aliphatic rings. The first-order valence-electron chi connectivity index (χ1n) is 12.5. The molecule has 2 aromatic carbocycles. The zero-order valence-electron chi connectivity index (χ0n) is 22.6. The molecule has 2 rings (SSSR count). The van der Waals surface area contributed by atoms with E-state index in [-0.39, 0.29) is 17.0 Å². The molecular weight excluding hydrogens is 491 g/mol. The van der Waals surface area contributed by atoms with Crippen molar-refractivity contribution in [2.24, 2.45) is 0 Å². The second-order valence-electron chi connectivity index (χ2n) is 9.46. The summed E-state index contributed by atoms with van der Waals surface area (Å²) < 4.78 is 11.4. The molecule has 0 spiro atoms. The lowest BCUT2D eigenvalue weighted by molar-refractivity contribution is -0.0827. The number of aryl methyl sites for hydroxylation is 6. The van der Waals surface area contributed by atoms with Gasteiger partial charge in [-0.1, -0.05) is 59.7 Å². The van der Waals surface area contributed by atoms with E-state index in [0.29, 0.717) is 30.5 Å². The van der Waals surface area contributed by atoms with E-state index in [0.717, 1.165) is 45.8 Å². The van der Waals surface area contributed by atoms with Gasteiger partial charge >= 0.3 is 0 Å². The molecule has 0 fully saturated rings. The molecule has 0 saturated heterocycles. The van der Waals surface area contributed by atoms with Crippen LogP contribution in [0.3, 0.4) is 0 Å². The van der Waals surface area contributed by atoms with Crippen LogP contribution in [0.25, 0.3) is 0 Å². The van der Waals surface area contributed by atoms with Crippen LogP contribution in [0.15, 0.2) is 24.3 Å². The Morgan fingerprint density at radius 3 is 1.51 bits per heavy atom. The number of rotatable bonds is 13. The van der Waals surface area contributed by atoms with Crippen LogP contribution in [-0.4, -0.2) is 45.9 Å². The summed E-state index contributed by atoms with van der Waals surface area (Å²) in [5, 5.41) is 0. The molecule has 2 aromatic rings. The molecular formula is C28H41O4PSSi. The van der Waals surface area contributed by atoms with Gasteiger partial charge in [-0.05, 0) is 83.8 Å². The van der Waals surface area contributed by atoms with E-state index in [1.165, 1.54) is 0 Å². The Bertz CT molecular complexity index is 1000. The fraction of sp³-hybridized carbons (Fsp3) is 0.500. The van der Waals surface area contributed by atoms with E-state index in [1.54, 1.807) is 0 Å². The first-order chi connectivity index (χ1) is 16.5. The van der Waals surface area contributed by atoms with Crippen LogP contribution in [0.5, 0.6) is 0 Å². The molecule has 0 saturated carbocycles. The van der Waals surface area contributed by atoms with Crippen LogP contribution < -0.4 is 0 Å². The summed E-state index contributed by atoms with van der Waals surface area (Å²) in [7, 11) is -0.678. The van der Waals surface area contributed by atoms with Crippen LogP contribution in [-0.2, 0) is 21.3 Å². The second-order valence-corrected chi connectivity index (χ2v) is 16.0. The normalized spacial score (nSPS) is 12.1. The molecule has 0 heterocycles. The van der Waals surface area contributed by atoms with Crippen molar-refractivity contribution in [3.05, 3.63) is 68.8 Å². The van der Waals surface area contributed by atoms with Crippen molar-refractivity contribution in [2.75, 3.05) is 19.4 Å². The Hall–Kier alpha value is -1.43. The highest BCUT2D eigenvalue weighted by molar-refractivity contribution is 8.31. The van der Waals surface area contributed by atoms with Crippen molar-refractivity contribution in [1.82, 2.24) is 0 Å². The minimum absolute atomic E-state index is 0.127. The van der Waals surface area contributed by atoms with E-state index in [4.69, 9.17) is 21.3 Å². The number of hydrogen-bond acceptors (Lipinski definition) is 5. The topological polar surface area (TPSA) is 52.6 Å². The fourth-order valence-electron chi connectivity index (χ4n) is 4.92. The van der Waals surface area contributed by atoms with E-state index in [2.05, 4.69) is 0 Å². The largest absolute Gasteiger partial charge is 0.357 e.